The van der Waals surface area contributed by atoms with Crippen molar-refractivity contribution in [2.24, 2.45) is 11.8 Å². The molecule has 27 heavy (non-hydrogen) atoms. The standard InChI is InChI=1S/C23H32ClFO2/c24-21-12-10-19(11-13-21)18-6-8-20(9-7-18)23(26)27-22-14-4-17(5-15-22)3-1-2-16-25/h10-13,17-18,20,22H,1-9,14-16H2. The SMILES string of the molecule is O=C(OC1CCC(CCCCF)CC1)C1CCC(c2ccc(Cl)cc2)CC1. The van der Waals surface area contributed by atoms with Crippen LogP contribution >= 0.6 is 11.6 Å². The highest BCUT2D eigenvalue weighted by molar-refractivity contribution is 6.30. The third kappa shape index (κ3) is 6.20. The second kappa shape index (κ2) is 10.5. The van der Waals surface area contributed by atoms with E-state index in [1.807, 2.05) is 12.1 Å². The van der Waals surface area contributed by atoms with Crippen molar-refractivity contribution in [3.8, 4) is 0 Å². The Morgan fingerprint density at radius 3 is 2.26 bits per heavy atom. The number of benzene rings is 1. The van der Waals surface area contributed by atoms with Crippen molar-refractivity contribution in [2.75, 3.05) is 6.67 Å². The number of unbranched alkanes of at least 4 members (excludes halogenated alkanes) is 1. The lowest BCUT2D eigenvalue weighted by atomic mass is 9.78. The molecule has 1 aromatic carbocycles. The summed E-state index contributed by atoms with van der Waals surface area (Å²) in [6.07, 6.45) is 11.0. The number of carbonyl (C=O) groups is 1. The van der Waals surface area contributed by atoms with E-state index in [-0.39, 0.29) is 24.7 Å². The largest absolute Gasteiger partial charge is 0.462 e. The summed E-state index contributed by atoms with van der Waals surface area (Å²) in [6.45, 7) is -0.201. The van der Waals surface area contributed by atoms with Gasteiger partial charge in [0, 0.05) is 5.02 Å². The summed E-state index contributed by atoms with van der Waals surface area (Å²) < 4.78 is 18.0. The molecule has 0 bridgehead atoms. The molecule has 0 N–H and O–H groups in total. The van der Waals surface area contributed by atoms with Crippen LogP contribution in [0.1, 0.15) is 82.1 Å². The first-order valence-corrected chi connectivity index (χ1v) is 11.1. The number of alkyl halides is 1. The summed E-state index contributed by atoms with van der Waals surface area (Å²) in [5, 5.41) is 0.771. The first-order chi connectivity index (χ1) is 13.2. The Morgan fingerprint density at radius 2 is 1.63 bits per heavy atom. The van der Waals surface area contributed by atoms with Crippen molar-refractivity contribution in [1.82, 2.24) is 0 Å². The molecule has 4 heteroatoms. The number of hydrogen-bond acceptors (Lipinski definition) is 2. The third-order valence-electron chi connectivity index (χ3n) is 6.47. The molecule has 0 spiro atoms. The van der Waals surface area contributed by atoms with E-state index in [0.29, 0.717) is 18.3 Å². The van der Waals surface area contributed by atoms with E-state index in [1.165, 1.54) is 5.56 Å². The highest BCUT2D eigenvalue weighted by Crippen LogP contribution is 2.37. The second-order valence-electron chi connectivity index (χ2n) is 8.36. The Kier molecular flexibility index (Phi) is 7.99. The van der Waals surface area contributed by atoms with Gasteiger partial charge in [0.25, 0.3) is 0 Å². The van der Waals surface area contributed by atoms with Gasteiger partial charge in [-0.2, -0.15) is 0 Å². The van der Waals surface area contributed by atoms with Crippen LogP contribution in [-0.2, 0) is 9.53 Å². The summed E-state index contributed by atoms with van der Waals surface area (Å²) in [4.78, 5) is 12.6. The number of carbonyl (C=O) groups excluding carboxylic acids is 1. The Balaban J connectivity index is 1.37. The highest BCUT2D eigenvalue weighted by atomic mass is 35.5. The smallest absolute Gasteiger partial charge is 0.309 e. The zero-order chi connectivity index (χ0) is 19.1. The fraction of sp³-hybridized carbons (Fsp3) is 0.696. The first-order valence-electron chi connectivity index (χ1n) is 10.7. The van der Waals surface area contributed by atoms with Crippen molar-refractivity contribution in [3.63, 3.8) is 0 Å². The van der Waals surface area contributed by atoms with E-state index >= 15 is 0 Å². The van der Waals surface area contributed by atoms with Gasteiger partial charge in [-0.05, 0) is 87.3 Å². The maximum absolute atomic E-state index is 12.6. The summed E-state index contributed by atoms with van der Waals surface area (Å²) in [7, 11) is 0. The zero-order valence-corrected chi connectivity index (χ0v) is 16.9. The maximum Gasteiger partial charge on any atom is 0.309 e. The van der Waals surface area contributed by atoms with Gasteiger partial charge in [0.05, 0.1) is 12.6 Å². The number of esters is 1. The molecule has 2 aliphatic rings. The number of halogens is 2. The number of ether oxygens (including phenoxy) is 1. The zero-order valence-electron chi connectivity index (χ0n) is 16.2. The van der Waals surface area contributed by atoms with Gasteiger partial charge >= 0.3 is 5.97 Å². The predicted molar refractivity (Wildman–Crippen MR) is 108 cm³/mol. The maximum atomic E-state index is 12.6. The summed E-state index contributed by atoms with van der Waals surface area (Å²) in [5.41, 5.74) is 1.33. The molecule has 1 aromatic rings. The van der Waals surface area contributed by atoms with Gasteiger partial charge in [0.1, 0.15) is 6.10 Å². The molecule has 0 heterocycles. The van der Waals surface area contributed by atoms with Crippen LogP contribution in [-0.4, -0.2) is 18.7 Å². The van der Waals surface area contributed by atoms with Crippen LogP contribution in [0.25, 0.3) is 0 Å². The molecular weight excluding hydrogens is 363 g/mol. The molecule has 150 valence electrons. The monoisotopic (exact) mass is 394 g/mol. The van der Waals surface area contributed by atoms with E-state index in [0.717, 1.165) is 69.2 Å². The molecule has 0 aliphatic heterocycles. The van der Waals surface area contributed by atoms with Gasteiger partial charge in [0.2, 0.25) is 0 Å². The van der Waals surface area contributed by atoms with Crippen LogP contribution < -0.4 is 0 Å². The van der Waals surface area contributed by atoms with Crippen LogP contribution in [0.15, 0.2) is 24.3 Å². The van der Waals surface area contributed by atoms with Gasteiger partial charge in [-0.25, -0.2) is 0 Å². The fourth-order valence-corrected chi connectivity index (χ4v) is 4.85. The van der Waals surface area contributed by atoms with Crippen molar-refractivity contribution in [1.29, 1.82) is 0 Å². The van der Waals surface area contributed by atoms with Crippen molar-refractivity contribution < 1.29 is 13.9 Å². The lowest BCUT2D eigenvalue weighted by Crippen LogP contribution is -2.29. The number of hydrogen-bond donors (Lipinski definition) is 0. The molecule has 0 radical (unpaired) electrons. The molecular formula is C23H32ClFO2. The van der Waals surface area contributed by atoms with Crippen LogP contribution in [0.5, 0.6) is 0 Å². The van der Waals surface area contributed by atoms with Gasteiger partial charge in [-0.1, -0.05) is 36.6 Å². The quantitative estimate of drug-likeness (QED) is 0.373. The first kappa shape index (κ1) is 20.6. The summed E-state index contributed by atoms with van der Waals surface area (Å²) in [6, 6.07) is 8.12. The lowest BCUT2D eigenvalue weighted by molar-refractivity contribution is -0.157. The van der Waals surface area contributed by atoms with E-state index < -0.39 is 0 Å². The normalized spacial score (nSPS) is 28.7. The van der Waals surface area contributed by atoms with Crippen molar-refractivity contribution in [2.45, 2.75) is 82.7 Å². The summed E-state index contributed by atoms with van der Waals surface area (Å²) in [5.74, 6) is 1.31. The summed E-state index contributed by atoms with van der Waals surface area (Å²) >= 11 is 5.97. The van der Waals surface area contributed by atoms with Crippen LogP contribution in [0.2, 0.25) is 5.02 Å². The fourth-order valence-electron chi connectivity index (χ4n) is 4.72. The minimum Gasteiger partial charge on any atom is -0.462 e. The highest BCUT2D eigenvalue weighted by Gasteiger charge is 2.31. The van der Waals surface area contributed by atoms with Crippen molar-refractivity contribution in [3.05, 3.63) is 34.9 Å². The van der Waals surface area contributed by atoms with E-state index in [1.54, 1.807) is 0 Å². The molecule has 2 saturated carbocycles. The van der Waals surface area contributed by atoms with Gasteiger partial charge in [0.15, 0.2) is 0 Å². The molecule has 2 nitrogen and oxygen atoms in total. The molecule has 2 fully saturated rings. The molecule has 0 atom stereocenters. The Morgan fingerprint density at radius 1 is 0.963 bits per heavy atom. The molecule has 3 rings (SSSR count). The average Bonchev–Trinajstić information content (AvgIpc) is 2.70. The third-order valence-corrected chi connectivity index (χ3v) is 6.73. The second-order valence-corrected chi connectivity index (χ2v) is 8.80. The minimum atomic E-state index is -0.201. The topological polar surface area (TPSA) is 26.3 Å². The van der Waals surface area contributed by atoms with Crippen LogP contribution in [0, 0.1) is 11.8 Å². The average molecular weight is 395 g/mol. The Bertz CT molecular complexity index is 573. The number of rotatable bonds is 7. The molecule has 0 amide bonds. The van der Waals surface area contributed by atoms with Crippen LogP contribution in [0.3, 0.4) is 0 Å². The molecule has 0 unspecified atom stereocenters. The lowest BCUT2D eigenvalue weighted by Gasteiger charge is -2.31. The van der Waals surface area contributed by atoms with Crippen molar-refractivity contribution >= 4 is 17.6 Å². The minimum absolute atomic E-state index is 0.0189. The Labute approximate surface area is 167 Å². The Hall–Kier alpha value is -1.09. The van der Waals surface area contributed by atoms with E-state index in [9.17, 15) is 9.18 Å². The molecule has 0 saturated heterocycles. The van der Waals surface area contributed by atoms with Gasteiger partial charge < -0.3 is 4.74 Å². The van der Waals surface area contributed by atoms with Gasteiger partial charge in [-0.3, -0.25) is 9.18 Å². The van der Waals surface area contributed by atoms with E-state index in [4.69, 9.17) is 16.3 Å². The van der Waals surface area contributed by atoms with Crippen LogP contribution in [0.4, 0.5) is 4.39 Å². The van der Waals surface area contributed by atoms with Gasteiger partial charge in [-0.15, -0.1) is 0 Å². The molecule has 0 aromatic heterocycles. The molecule has 2 aliphatic carbocycles. The van der Waals surface area contributed by atoms with E-state index in [2.05, 4.69) is 12.1 Å². The predicted octanol–water partition coefficient (Wildman–Crippen LogP) is 6.86.